The monoisotopic (exact) mass is 223 g/mol. The fourth-order valence-electron chi connectivity index (χ4n) is 2.05. The molecular weight excluding hydrogens is 206 g/mol. The largest absolute Gasteiger partial charge is 0.345 e. The molecule has 0 aromatic heterocycles. The Morgan fingerprint density at radius 2 is 2.00 bits per heavy atom. The summed E-state index contributed by atoms with van der Waals surface area (Å²) >= 11 is 0. The first kappa shape index (κ1) is 12.5. The molecule has 1 unspecified atom stereocenters. The molecule has 88 valence electrons. The standard InChI is InChI=1S/C11H17N3O2/c1-8(9-4-2-3-5-9)14-11(16)10(15)13-7-6-12/h8-9H,2-5,7H2,1H3,(H,13,15)(H,14,16). The number of nitrogens with one attached hydrogen (secondary N) is 2. The van der Waals surface area contributed by atoms with E-state index in [4.69, 9.17) is 5.26 Å². The van der Waals surface area contributed by atoms with Crippen molar-refractivity contribution in [2.45, 2.75) is 38.6 Å². The van der Waals surface area contributed by atoms with Crippen molar-refractivity contribution in [2.75, 3.05) is 6.54 Å². The van der Waals surface area contributed by atoms with Crippen molar-refractivity contribution in [3.63, 3.8) is 0 Å². The van der Waals surface area contributed by atoms with Crippen LogP contribution in [0.2, 0.25) is 0 Å². The molecule has 1 aliphatic carbocycles. The zero-order chi connectivity index (χ0) is 12.0. The second-order valence-electron chi connectivity index (χ2n) is 4.15. The van der Waals surface area contributed by atoms with Gasteiger partial charge in [0.25, 0.3) is 0 Å². The van der Waals surface area contributed by atoms with E-state index in [0.717, 1.165) is 12.8 Å². The molecule has 2 amide bonds. The van der Waals surface area contributed by atoms with Crippen molar-refractivity contribution in [3.8, 4) is 6.07 Å². The molecule has 1 atom stereocenters. The molecule has 0 bridgehead atoms. The summed E-state index contributed by atoms with van der Waals surface area (Å²) in [6.07, 6.45) is 4.62. The van der Waals surface area contributed by atoms with Gasteiger partial charge in [-0.1, -0.05) is 12.8 Å². The summed E-state index contributed by atoms with van der Waals surface area (Å²) < 4.78 is 0. The van der Waals surface area contributed by atoms with E-state index >= 15 is 0 Å². The number of rotatable bonds is 3. The van der Waals surface area contributed by atoms with Crippen molar-refractivity contribution in [1.82, 2.24) is 10.6 Å². The van der Waals surface area contributed by atoms with Crippen LogP contribution in [0.25, 0.3) is 0 Å². The normalized spacial score (nSPS) is 17.5. The van der Waals surface area contributed by atoms with E-state index in [1.165, 1.54) is 12.8 Å². The van der Waals surface area contributed by atoms with E-state index in [-0.39, 0.29) is 12.6 Å². The predicted octanol–water partition coefficient (Wildman–Crippen LogP) is 0.321. The van der Waals surface area contributed by atoms with Crippen LogP contribution in [0.5, 0.6) is 0 Å². The Labute approximate surface area is 95.2 Å². The van der Waals surface area contributed by atoms with Gasteiger partial charge < -0.3 is 10.6 Å². The van der Waals surface area contributed by atoms with E-state index < -0.39 is 11.8 Å². The molecule has 16 heavy (non-hydrogen) atoms. The Morgan fingerprint density at radius 3 is 2.56 bits per heavy atom. The molecule has 5 heteroatoms. The highest BCUT2D eigenvalue weighted by Crippen LogP contribution is 2.27. The molecule has 0 spiro atoms. The van der Waals surface area contributed by atoms with Gasteiger partial charge in [0, 0.05) is 6.04 Å². The Balaban J connectivity index is 2.32. The number of carbonyl (C=O) groups excluding carboxylic acids is 2. The summed E-state index contributed by atoms with van der Waals surface area (Å²) in [6, 6.07) is 1.78. The second kappa shape index (κ2) is 6.11. The molecule has 1 rings (SSSR count). The SMILES string of the molecule is CC(NC(=O)C(=O)NCC#N)C1CCCC1. The van der Waals surface area contributed by atoms with Crippen LogP contribution in [-0.2, 0) is 9.59 Å². The Kier molecular flexibility index (Phi) is 4.77. The summed E-state index contributed by atoms with van der Waals surface area (Å²) in [5.41, 5.74) is 0. The highest BCUT2D eigenvalue weighted by molar-refractivity contribution is 6.35. The van der Waals surface area contributed by atoms with Gasteiger partial charge in [-0.25, -0.2) is 0 Å². The fourth-order valence-corrected chi connectivity index (χ4v) is 2.05. The number of nitrogens with zero attached hydrogens (tertiary/aromatic N) is 1. The lowest BCUT2D eigenvalue weighted by atomic mass is 10.00. The Hall–Kier alpha value is -1.57. The van der Waals surface area contributed by atoms with Crippen molar-refractivity contribution in [3.05, 3.63) is 0 Å². The van der Waals surface area contributed by atoms with Gasteiger partial charge in [-0.3, -0.25) is 9.59 Å². The molecule has 1 fully saturated rings. The van der Waals surface area contributed by atoms with Gasteiger partial charge in [0.1, 0.15) is 6.54 Å². The Morgan fingerprint density at radius 1 is 1.38 bits per heavy atom. The number of carbonyl (C=O) groups is 2. The number of nitriles is 1. The van der Waals surface area contributed by atoms with Crippen molar-refractivity contribution in [2.24, 2.45) is 5.92 Å². The maximum Gasteiger partial charge on any atom is 0.310 e. The maximum atomic E-state index is 11.4. The average molecular weight is 223 g/mol. The lowest BCUT2D eigenvalue weighted by Crippen LogP contribution is -2.45. The zero-order valence-corrected chi connectivity index (χ0v) is 9.45. The molecule has 1 saturated carbocycles. The Bertz CT molecular complexity index is 303. The molecule has 5 nitrogen and oxygen atoms in total. The smallest absolute Gasteiger partial charge is 0.310 e. The van der Waals surface area contributed by atoms with Crippen LogP contribution in [0.4, 0.5) is 0 Å². The zero-order valence-electron chi connectivity index (χ0n) is 9.45. The molecule has 0 aliphatic heterocycles. The average Bonchev–Trinajstić information content (AvgIpc) is 2.79. The molecule has 0 aromatic carbocycles. The summed E-state index contributed by atoms with van der Waals surface area (Å²) in [5, 5.41) is 13.1. The number of hydrogen-bond acceptors (Lipinski definition) is 3. The number of amides is 2. The molecule has 1 aliphatic rings. The molecule has 0 heterocycles. The van der Waals surface area contributed by atoms with Crippen LogP contribution >= 0.6 is 0 Å². The van der Waals surface area contributed by atoms with E-state index in [9.17, 15) is 9.59 Å². The van der Waals surface area contributed by atoms with E-state index in [2.05, 4.69) is 10.6 Å². The first-order valence-corrected chi connectivity index (χ1v) is 5.60. The van der Waals surface area contributed by atoms with Gasteiger partial charge in [0.05, 0.1) is 6.07 Å². The van der Waals surface area contributed by atoms with Crippen LogP contribution < -0.4 is 10.6 Å². The van der Waals surface area contributed by atoms with E-state index in [0.29, 0.717) is 5.92 Å². The molecule has 2 N–H and O–H groups in total. The van der Waals surface area contributed by atoms with Gasteiger partial charge in [-0.2, -0.15) is 5.26 Å². The predicted molar refractivity (Wildman–Crippen MR) is 58.2 cm³/mol. The highest BCUT2D eigenvalue weighted by Gasteiger charge is 2.24. The third kappa shape index (κ3) is 3.54. The van der Waals surface area contributed by atoms with Crippen LogP contribution in [0, 0.1) is 17.2 Å². The van der Waals surface area contributed by atoms with Crippen molar-refractivity contribution < 1.29 is 9.59 Å². The van der Waals surface area contributed by atoms with Gasteiger partial charge in [-0.15, -0.1) is 0 Å². The first-order valence-electron chi connectivity index (χ1n) is 5.60. The fraction of sp³-hybridized carbons (Fsp3) is 0.727. The third-order valence-corrected chi connectivity index (χ3v) is 3.00. The van der Waals surface area contributed by atoms with Gasteiger partial charge in [-0.05, 0) is 25.7 Å². The minimum absolute atomic E-state index is 0.0304. The summed E-state index contributed by atoms with van der Waals surface area (Å²) in [5.74, 6) is -0.895. The lowest BCUT2D eigenvalue weighted by molar-refractivity contribution is -0.139. The van der Waals surface area contributed by atoms with Crippen LogP contribution in [0.15, 0.2) is 0 Å². The third-order valence-electron chi connectivity index (χ3n) is 3.00. The molecule has 0 radical (unpaired) electrons. The summed E-state index contributed by atoms with van der Waals surface area (Å²) in [7, 11) is 0. The molecular formula is C11H17N3O2. The van der Waals surface area contributed by atoms with Crippen molar-refractivity contribution in [1.29, 1.82) is 5.26 Å². The van der Waals surface area contributed by atoms with Gasteiger partial charge in [0.2, 0.25) is 0 Å². The highest BCUT2D eigenvalue weighted by atomic mass is 16.2. The second-order valence-corrected chi connectivity index (χ2v) is 4.15. The van der Waals surface area contributed by atoms with Crippen LogP contribution in [-0.4, -0.2) is 24.4 Å². The topological polar surface area (TPSA) is 82.0 Å². The summed E-state index contributed by atoms with van der Waals surface area (Å²) in [4.78, 5) is 22.6. The van der Waals surface area contributed by atoms with Gasteiger partial charge in [0.15, 0.2) is 0 Å². The van der Waals surface area contributed by atoms with E-state index in [1.807, 2.05) is 6.92 Å². The van der Waals surface area contributed by atoms with E-state index in [1.54, 1.807) is 6.07 Å². The minimum Gasteiger partial charge on any atom is -0.345 e. The van der Waals surface area contributed by atoms with Crippen molar-refractivity contribution >= 4 is 11.8 Å². The van der Waals surface area contributed by atoms with Crippen LogP contribution in [0.3, 0.4) is 0 Å². The molecule has 0 aromatic rings. The van der Waals surface area contributed by atoms with Gasteiger partial charge >= 0.3 is 11.8 Å². The molecule has 0 saturated heterocycles. The minimum atomic E-state index is -0.730. The lowest BCUT2D eigenvalue weighted by Gasteiger charge is -2.19. The first-order chi connectivity index (χ1) is 7.65. The summed E-state index contributed by atoms with van der Waals surface area (Å²) in [6.45, 7) is 1.79. The number of hydrogen-bond donors (Lipinski definition) is 2. The van der Waals surface area contributed by atoms with Crippen LogP contribution in [0.1, 0.15) is 32.6 Å². The quantitative estimate of drug-likeness (QED) is 0.534. The maximum absolute atomic E-state index is 11.4.